The van der Waals surface area contributed by atoms with Gasteiger partial charge in [0.2, 0.25) is 0 Å². The second-order valence-corrected chi connectivity index (χ2v) is 15.0. The van der Waals surface area contributed by atoms with Crippen molar-refractivity contribution in [2.45, 2.75) is 19.3 Å². The molecular weight excluding hydrogens is 665 g/mol. The van der Waals surface area contributed by atoms with E-state index in [2.05, 4.69) is 184 Å². The fraction of sp³-hybridized carbons (Fsp3) is 0.0566. The Labute approximate surface area is 322 Å². The second kappa shape index (κ2) is 13.2. The van der Waals surface area contributed by atoms with Crippen LogP contribution in [0.3, 0.4) is 0 Å². The van der Waals surface area contributed by atoms with Crippen molar-refractivity contribution in [2.75, 3.05) is 0 Å². The molecule has 0 unspecified atom stereocenters. The Morgan fingerprint density at radius 3 is 1.56 bits per heavy atom. The zero-order chi connectivity index (χ0) is 36.9. The molecule has 10 rings (SSSR count). The van der Waals surface area contributed by atoms with E-state index in [0.717, 1.165) is 33.5 Å². The molecule has 260 valence electrons. The molecule has 0 amide bonds. The zero-order valence-electron chi connectivity index (χ0n) is 30.9. The Morgan fingerprint density at radius 1 is 0.327 bits per heavy atom. The van der Waals surface area contributed by atoms with E-state index in [-0.39, 0.29) is 5.41 Å². The Kier molecular flexibility index (Phi) is 7.85. The van der Waals surface area contributed by atoms with Gasteiger partial charge in [-0.15, -0.1) is 0 Å². The average Bonchev–Trinajstić information content (AvgIpc) is 3.50. The highest BCUT2D eigenvalue weighted by molar-refractivity contribution is 6.05. The van der Waals surface area contributed by atoms with E-state index in [1.807, 2.05) is 24.3 Å². The maximum absolute atomic E-state index is 5.21. The van der Waals surface area contributed by atoms with Gasteiger partial charge in [-0.3, -0.25) is 0 Å². The minimum atomic E-state index is -0.130. The molecule has 0 atom stereocenters. The molecule has 2 heteroatoms. The molecule has 0 fully saturated rings. The molecule has 1 aliphatic rings. The monoisotopic (exact) mass is 702 g/mol. The molecule has 55 heavy (non-hydrogen) atoms. The van der Waals surface area contributed by atoms with Crippen LogP contribution in [-0.2, 0) is 5.41 Å². The van der Waals surface area contributed by atoms with Crippen LogP contribution < -0.4 is 0 Å². The lowest BCUT2D eigenvalue weighted by atomic mass is 9.78. The predicted molar refractivity (Wildman–Crippen MR) is 230 cm³/mol. The number of rotatable bonds is 6. The number of hydrogen-bond acceptors (Lipinski definition) is 2. The Bertz CT molecular complexity index is 2820. The molecule has 0 aliphatic heterocycles. The van der Waals surface area contributed by atoms with Crippen LogP contribution in [0.4, 0.5) is 0 Å². The van der Waals surface area contributed by atoms with E-state index in [1.165, 1.54) is 61.0 Å². The standard InChI is InChI=1S/C53H38N2/c1-53(2)48-28-15-14-25-45(48)47-27-16-26-42(51(47)53)40-32-38(35-17-6-3-7-18-35)31-39(33-40)41-29-30-46(44-24-13-12-23-43(41)44)50-34-49(36-19-8-4-9-20-36)54-52(55-50)37-21-10-5-11-22-37/h3-34H,1-2H3. The number of nitrogens with zero attached hydrogens (tertiary/aromatic N) is 2. The minimum absolute atomic E-state index is 0.130. The summed E-state index contributed by atoms with van der Waals surface area (Å²) in [5.74, 6) is 0.714. The number of fused-ring (bicyclic) bond motifs is 4. The third-order valence-corrected chi connectivity index (χ3v) is 11.3. The Hall–Kier alpha value is -6.90. The summed E-state index contributed by atoms with van der Waals surface area (Å²) >= 11 is 0. The van der Waals surface area contributed by atoms with Crippen LogP contribution >= 0.6 is 0 Å². The Morgan fingerprint density at radius 2 is 0.836 bits per heavy atom. The molecule has 0 saturated heterocycles. The molecule has 1 aliphatic carbocycles. The molecule has 1 aromatic heterocycles. The highest BCUT2D eigenvalue weighted by Gasteiger charge is 2.37. The molecule has 1 heterocycles. The molecule has 0 N–H and O–H groups in total. The number of benzene rings is 8. The van der Waals surface area contributed by atoms with Crippen molar-refractivity contribution in [3.63, 3.8) is 0 Å². The first-order valence-corrected chi connectivity index (χ1v) is 19.0. The average molecular weight is 703 g/mol. The van der Waals surface area contributed by atoms with Gasteiger partial charge in [0.05, 0.1) is 11.4 Å². The topological polar surface area (TPSA) is 25.8 Å². The van der Waals surface area contributed by atoms with Crippen molar-refractivity contribution in [1.82, 2.24) is 9.97 Å². The first-order chi connectivity index (χ1) is 27.0. The van der Waals surface area contributed by atoms with Gasteiger partial charge in [0, 0.05) is 22.1 Å². The quantitative estimate of drug-likeness (QED) is 0.172. The summed E-state index contributed by atoms with van der Waals surface area (Å²) < 4.78 is 0. The number of hydrogen-bond donors (Lipinski definition) is 0. The highest BCUT2D eigenvalue weighted by atomic mass is 14.9. The van der Waals surface area contributed by atoms with Crippen LogP contribution in [0, 0.1) is 0 Å². The van der Waals surface area contributed by atoms with Gasteiger partial charge in [0.1, 0.15) is 0 Å². The largest absolute Gasteiger partial charge is 0.228 e. The summed E-state index contributed by atoms with van der Waals surface area (Å²) in [6.07, 6.45) is 0. The molecule has 8 aromatic carbocycles. The van der Waals surface area contributed by atoms with Crippen molar-refractivity contribution in [2.24, 2.45) is 0 Å². The summed E-state index contributed by atoms with van der Waals surface area (Å²) in [5.41, 5.74) is 17.5. The SMILES string of the molecule is CC1(C)c2ccccc2-c2cccc(-c3cc(-c4ccccc4)cc(-c4ccc(-c5cc(-c6ccccc6)nc(-c6ccccc6)n5)c5ccccc45)c3)c21. The van der Waals surface area contributed by atoms with Gasteiger partial charge in [-0.2, -0.15) is 0 Å². The first kappa shape index (κ1) is 32.7. The lowest BCUT2D eigenvalue weighted by Gasteiger charge is -2.25. The maximum Gasteiger partial charge on any atom is 0.160 e. The summed E-state index contributed by atoms with van der Waals surface area (Å²) in [6, 6.07) is 69.7. The van der Waals surface area contributed by atoms with Gasteiger partial charge in [0.15, 0.2) is 5.82 Å². The van der Waals surface area contributed by atoms with Gasteiger partial charge < -0.3 is 0 Å². The molecule has 0 bridgehead atoms. The zero-order valence-corrected chi connectivity index (χ0v) is 30.9. The van der Waals surface area contributed by atoms with Crippen LogP contribution in [-0.4, -0.2) is 9.97 Å². The van der Waals surface area contributed by atoms with Gasteiger partial charge in [0.25, 0.3) is 0 Å². The predicted octanol–water partition coefficient (Wildman–Crippen LogP) is 13.9. The molecule has 0 saturated carbocycles. The smallest absolute Gasteiger partial charge is 0.160 e. The van der Waals surface area contributed by atoms with Crippen LogP contribution in [0.15, 0.2) is 194 Å². The van der Waals surface area contributed by atoms with Gasteiger partial charge in [-0.1, -0.05) is 184 Å². The van der Waals surface area contributed by atoms with Gasteiger partial charge in [-0.05, 0) is 90.7 Å². The van der Waals surface area contributed by atoms with Crippen molar-refractivity contribution >= 4 is 10.8 Å². The van der Waals surface area contributed by atoms with Gasteiger partial charge >= 0.3 is 0 Å². The number of aromatic nitrogens is 2. The Balaban J connectivity index is 1.18. The lowest BCUT2D eigenvalue weighted by Crippen LogP contribution is -2.16. The van der Waals surface area contributed by atoms with Crippen LogP contribution in [0.2, 0.25) is 0 Å². The van der Waals surface area contributed by atoms with Gasteiger partial charge in [-0.25, -0.2) is 9.97 Å². The summed E-state index contributed by atoms with van der Waals surface area (Å²) in [6.45, 7) is 4.74. The first-order valence-electron chi connectivity index (χ1n) is 19.0. The van der Waals surface area contributed by atoms with E-state index < -0.39 is 0 Å². The molecule has 9 aromatic rings. The highest BCUT2D eigenvalue weighted by Crippen LogP contribution is 2.52. The van der Waals surface area contributed by atoms with Crippen LogP contribution in [0.25, 0.3) is 89.2 Å². The molecular formula is C53H38N2. The van der Waals surface area contributed by atoms with E-state index in [4.69, 9.17) is 9.97 Å². The third kappa shape index (κ3) is 5.66. The van der Waals surface area contributed by atoms with Crippen LogP contribution in [0.1, 0.15) is 25.0 Å². The fourth-order valence-electron chi connectivity index (χ4n) is 8.66. The minimum Gasteiger partial charge on any atom is -0.228 e. The van der Waals surface area contributed by atoms with E-state index in [0.29, 0.717) is 5.82 Å². The normalized spacial score (nSPS) is 12.7. The summed E-state index contributed by atoms with van der Waals surface area (Å²) in [5, 5.41) is 2.34. The van der Waals surface area contributed by atoms with Crippen molar-refractivity contribution < 1.29 is 0 Å². The van der Waals surface area contributed by atoms with E-state index in [9.17, 15) is 0 Å². The summed E-state index contributed by atoms with van der Waals surface area (Å²) in [7, 11) is 0. The summed E-state index contributed by atoms with van der Waals surface area (Å²) in [4.78, 5) is 10.3. The molecule has 2 nitrogen and oxygen atoms in total. The van der Waals surface area contributed by atoms with E-state index in [1.54, 1.807) is 0 Å². The van der Waals surface area contributed by atoms with Crippen LogP contribution in [0.5, 0.6) is 0 Å². The van der Waals surface area contributed by atoms with Crippen molar-refractivity contribution in [1.29, 1.82) is 0 Å². The van der Waals surface area contributed by atoms with E-state index >= 15 is 0 Å². The van der Waals surface area contributed by atoms with Crippen molar-refractivity contribution in [3.8, 4) is 78.4 Å². The molecule has 0 radical (unpaired) electrons. The maximum atomic E-state index is 5.21. The second-order valence-electron chi connectivity index (χ2n) is 15.0. The fourth-order valence-corrected chi connectivity index (χ4v) is 8.66. The lowest BCUT2D eigenvalue weighted by molar-refractivity contribution is 0.662. The molecule has 0 spiro atoms. The van der Waals surface area contributed by atoms with Crippen molar-refractivity contribution in [3.05, 3.63) is 205 Å². The third-order valence-electron chi connectivity index (χ3n) is 11.3.